The Morgan fingerprint density at radius 3 is 2.36 bits per heavy atom. The molecule has 0 spiro atoms. The predicted molar refractivity (Wildman–Crippen MR) is 128 cm³/mol. The van der Waals surface area contributed by atoms with E-state index in [0.29, 0.717) is 10.1 Å². The molecule has 1 aromatic heterocycles. The molecule has 1 aliphatic rings. The number of esters is 1. The van der Waals surface area contributed by atoms with Gasteiger partial charge in [0.15, 0.2) is 10.8 Å². The van der Waals surface area contributed by atoms with Gasteiger partial charge in [-0.25, -0.2) is 14.6 Å². The number of amides is 1. The quantitative estimate of drug-likeness (QED) is 0.600. The average molecular weight is 477 g/mol. The Balaban J connectivity index is 1.65. The van der Waals surface area contributed by atoms with E-state index >= 15 is 0 Å². The van der Waals surface area contributed by atoms with Crippen LogP contribution in [0.2, 0.25) is 0 Å². The summed E-state index contributed by atoms with van der Waals surface area (Å²) in [5.41, 5.74) is 0.678. The molecule has 1 aromatic carbocycles. The zero-order valence-electron chi connectivity index (χ0n) is 19.8. The molecule has 0 saturated carbocycles. The van der Waals surface area contributed by atoms with E-state index in [4.69, 9.17) is 14.2 Å². The molecule has 10 heteroatoms. The number of rotatable bonds is 7. The lowest BCUT2D eigenvalue weighted by molar-refractivity contribution is 0.0521. The molecule has 0 atom stereocenters. The summed E-state index contributed by atoms with van der Waals surface area (Å²) < 4.78 is 15.7. The van der Waals surface area contributed by atoms with Crippen molar-refractivity contribution in [3.8, 4) is 5.75 Å². The standard InChI is InChI=1S/C23H32N4O5S/c1-6-31-20(28)18-19(25-22(29)32-23(2,3)4)33-21(24-18)27-13-11-26(12-14-27)15-16-7-9-17(30-5)10-8-16/h7-10H,6,11-15H2,1-5H3,(H,25,29). The van der Waals surface area contributed by atoms with Crippen molar-refractivity contribution in [3.05, 3.63) is 35.5 Å². The summed E-state index contributed by atoms with van der Waals surface area (Å²) in [6.45, 7) is 11.4. The highest BCUT2D eigenvalue weighted by Crippen LogP contribution is 2.33. The molecule has 2 heterocycles. The number of nitrogens with zero attached hydrogens (tertiary/aromatic N) is 3. The molecule has 1 saturated heterocycles. The fourth-order valence-electron chi connectivity index (χ4n) is 3.35. The van der Waals surface area contributed by atoms with Gasteiger partial charge in [0.1, 0.15) is 16.4 Å². The van der Waals surface area contributed by atoms with Gasteiger partial charge in [0.05, 0.1) is 13.7 Å². The molecule has 0 bridgehead atoms. The van der Waals surface area contributed by atoms with Crippen molar-refractivity contribution < 1.29 is 23.8 Å². The molecular formula is C23H32N4O5S. The zero-order valence-corrected chi connectivity index (χ0v) is 20.7. The molecule has 0 aliphatic carbocycles. The van der Waals surface area contributed by atoms with E-state index in [1.165, 1.54) is 16.9 Å². The molecular weight excluding hydrogens is 444 g/mol. The summed E-state index contributed by atoms with van der Waals surface area (Å²) in [7, 11) is 1.66. The number of aromatic nitrogens is 1. The fraction of sp³-hybridized carbons (Fsp3) is 0.522. The van der Waals surface area contributed by atoms with Crippen molar-refractivity contribution in [1.82, 2.24) is 9.88 Å². The first kappa shape index (κ1) is 24.8. The van der Waals surface area contributed by atoms with Gasteiger partial charge in [-0.1, -0.05) is 23.5 Å². The van der Waals surface area contributed by atoms with Crippen molar-refractivity contribution in [2.24, 2.45) is 0 Å². The number of ether oxygens (including phenoxy) is 3. The molecule has 180 valence electrons. The lowest BCUT2D eigenvalue weighted by Gasteiger charge is -2.34. The predicted octanol–water partition coefficient (Wildman–Crippen LogP) is 4.00. The van der Waals surface area contributed by atoms with Crippen molar-refractivity contribution in [2.75, 3.05) is 50.1 Å². The van der Waals surface area contributed by atoms with E-state index in [1.807, 2.05) is 12.1 Å². The molecule has 0 radical (unpaired) electrons. The largest absolute Gasteiger partial charge is 0.497 e. The topological polar surface area (TPSA) is 93.2 Å². The van der Waals surface area contributed by atoms with E-state index in [0.717, 1.165) is 38.5 Å². The number of hydrogen-bond donors (Lipinski definition) is 1. The SMILES string of the molecule is CCOC(=O)c1nc(N2CCN(Cc3ccc(OC)cc3)CC2)sc1NC(=O)OC(C)(C)C. The maximum absolute atomic E-state index is 12.4. The third kappa shape index (κ3) is 7.06. The number of benzene rings is 1. The third-order valence-corrected chi connectivity index (χ3v) is 5.94. The van der Waals surface area contributed by atoms with E-state index in [1.54, 1.807) is 34.8 Å². The summed E-state index contributed by atoms with van der Waals surface area (Å²) in [6, 6.07) is 8.09. The highest BCUT2D eigenvalue weighted by Gasteiger charge is 2.27. The number of anilines is 2. The maximum atomic E-state index is 12.4. The third-order valence-electron chi connectivity index (χ3n) is 4.91. The molecule has 1 amide bonds. The molecule has 1 aliphatic heterocycles. The first-order chi connectivity index (χ1) is 15.7. The van der Waals surface area contributed by atoms with Crippen LogP contribution < -0.4 is 15.0 Å². The van der Waals surface area contributed by atoms with E-state index in [2.05, 4.69) is 32.2 Å². The number of methoxy groups -OCH3 is 1. The van der Waals surface area contributed by atoms with Crippen molar-refractivity contribution >= 4 is 33.5 Å². The number of thiazole rings is 1. The van der Waals surface area contributed by atoms with Crippen molar-refractivity contribution in [2.45, 2.75) is 39.8 Å². The van der Waals surface area contributed by atoms with Crippen LogP contribution >= 0.6 is 11.3 Å². The van der Waals surface area contributed by atoms with Crippen LogP contribution in [0.15, 0.2) is 24.3 Å². The fourth-order valence-corrected chi connectivity index (χ4v) is 4.34. The van der Waals surface area contributed by atoms with Crippen molar-refractivity contribution in [3.63, 3.8) is 0 Å². The molecule has 9 nitrogen and oxygen atoms in total. The van der Waals surface area contributed by atoms with Gasteiger partial charge in [-0.05, 0) is 45.4 Å². The van der Waals surface area contributed by atoms with Gasteiger partial charge in [-0.3, -0.25) is 10.2 Å². The Hall–Kier alpha value is -2.85. The van der Waals surface area contributed by atoms with Gasteiger partial charge in [0.2, 0.25) is 0 Å². The highest BCUT2D eigenvalue weighted by molar-refractivity contribution is 7.20. The lowest BCUT2D eigenvalue weighted by Crippen LogP contribution is -2.45. The monoisotopic (exact) mass is 476 g/mol. The van der Waals surface area contributed by atoms with Crippen LogP contribution in [-0.4, -0.2) is 67.4 Å². The smallest absolute Gasteiger partial charge is 0.412 e. The molecule has 1 fully saturated rings. The highest BCUT2D eigenvalue weighted by atomic mass is 32.1. The number of hydrogen-bond acceptors (Lipinski definition) is 9. The van der Waals surface area contributed by atoms with Gasteiger partial charge in [-0.15, -0.1) is 0 Å². The Morgan fingerprint density at radius 1 is 1.12 bits per heavy atom. The molecule has 1 N–H and O–H groups in total. The van der Waals surface area contributed by atoms with Gasteiger partial charge >= 0.3 is 12.1 Å². The van der Waals surface area contributed by atoms with E-state index < -0.39 is 17.7 Å². The van der Waals surface area contributed by atoms with Crippen LogP contribution in [0.5, 0.6) is 5.75 Å². The summed E-state index contributed by atoms with van der Waals surface area (Å²) in [4.78, 5) is 33.7. The summed E-state index contributed by atoms with van der Waals surface area (Å²) >= 11 is 1.25. The second-order valence-corrected chi connectivity index (χ2v) is 9.61. The van der Waals surface area contributed by atoms with Crippen LogP contribution in [0, 0.1) is 0 Å². The van der Waals surface area contributed by atoms with E-state index in [-0.39, 0.29) is 12.3 Å². The second-order valence-electron chi connectivity index (χ2n) is 8.63. The van der Waals surface area contributed by atoms with Gasteiger partial charge in [0.25, 0.3) is 0 Å². The Kier molecular flexibility index (Phi) is 8.15. The molecule has 0 unspecified atom stereocenters. The molecule has 3 rings (SSSR count). The van der Waals surface area contributed by atoms with E-state index in [9.17, 15) is 9.59 Å². The lowest BCUT2D eigenvalue weighted by atomic mass is 10.2. The number of nitrogens with one attached hydrogen (secondary N) is 1. The average Bonchev–Trinajstić information content (AvgIpc) is 3.17. The number of carbonyl (C=O) groups excluding carboxylic acids is 2. The first-order valence-electron chi connectivity index (χ1n) is 11.0. The number of piperazine rings is 1. The molecule has 2 aromatic rings. The summed E-state index contributed by atoms with van der Waals surface area (Å²) in [6.07, 6.45) is -0.632. The van der Waals surface area contributed by atoms with Gasteiger partial charge < -0.3 is 19.1 Å². The Labute approximate surface area is 198 Å². The minimum atomic E-state index is -0.651. The Bertz CT molecular complexity index is 947. The van der Waals surface area contributed by atoms with Crippen molar-refractivity contribution in [1.29, 1.82) is 0 Å². The second kappa shape index (κ2) is 10.8. The zero-order chi connectivity index (χ0) is 24.0. The summed E-state index contributed by atoms with van der Waals surface area (Å²) in [5, 5.41) is 3.67. The van der Waals surface area contributed by atoms with Crippen LogP contribution in [-0.2, 0) is 16.0 Å². The maximum Gasteiger partial charge on any atom is 0.412 e. The molecule has 33 heavy (non-hydrogen) atoms. The minimum absolute atomic E-state index is 0.100. The van der Waals surface area contributed by atoms with Crippen LogP contribution in [0.1, 0.15) is 43.7 Å². The van der Waals surface area contributed by atoms with Gasteiger partial charge in [0, 0.05) is 32.7 Å². The Morgan fingerprint density at radius 2 is 1.79 bits per heavy atom. The summed E-state index contributed by atoms with van der Waals surface area (Å²) in [5.74, 6) is 0.282. The first-order valence-corrected chi connectivity index (χ1v) is 11.8. The van der Waals surface area contributed by atoms with Gasteiger partial charge in [-0.2, -0.15) is 0 Å². The van der Waals surface area contributed by atoms with Crippen LogP contribution in [0.3, 0.4) is 0 Å². The van der Waals surface area contributed by atoms with Crippen LogP contribution in [0.4, 0.5) is 14.9 Å². The number of carbonyl (C=O) groups is 2. The normalized spacial score (nSPS) is 14.6. The van der Waals surface area contributed by atoms with Crippen LogP contribution in [0.25, 0.3) is 0 Å². The minimum Gasteiger partial charge on any atom is -0.497 e.